The summed E-state index contributed by atoms with van der Waals surface area (Å²) in [5, 5.41) is 8.98. The van der Waals surface area contributed by atoms with E-state index in [-0.39, 0.29) is 12.2 Å². The SMILES string of the molecule is CC(=O)CC(C)(C#N)c1c(F)cc(F)cc1F. The molecule has 0 bridgehead atoms. The molecule has 1 rings (SSSR count). The molecule has 0 aliphatic heterocycles. The number of hydrogen-bond donors (Lipinski definition) is 0. The molecule has 1 aromatic rings. The summed E-state index contributed by atoms with van der Waals surface area (Å²) in [5.74, 6) is -3.76. The largest absolute Gasteiger partial charge is 0.300 e. The van der Waals surface area contributed by atoms with Crippen molar-refractivity contribution in [2.45, 2.75) is 25.7 Å². The predicted molar refractivity (Wildman–Crippen MR) is 54.6 cm³/mol. The van der Waals surface area contributed by atoms with Crippen molar-refractivity contribution in [3.63, 3.8) is 0 Å². The monoisotopic (exact) mass is 241 g/mol. The first-order valence-corrected chi connectivity index (χ1v) is 4.86. The number of carbonyl (C=O) groups is 1. The fourth-order valence-electron chi connectivity index (χ4n) is 1.75. The average molecular weight is 241 g/mol. The summed E-state index contributed by atoms with van der Waals surface area (Å²) in [6.45, 7) is 2.46. The maximum atomic E-state index is 13.5. The fraction of sp³-hybridized carbons (Fsp3) is 0.333. The summed E-state index contributed by atoms with van der Waals surface area (Å²) < 4.78 is 39.7. The van der Waals surface area contributed by atoms with Crippen molar-refractivity contribution in [3.8, 4) is 6.07 Å². The summed E-state index contributed by atoms with van der Waals surface area (Å²) in [6, 6.07) is 2.69. The van der Waals surface area contributed by atoms with Crippen molar-refractivity contribution in [1.82, 2.24) is 0 Å². The minimum Gasteiger partial charge on any atom is -0.300 e. The van der Waals surface area contributed by atoms with Crippen LogP contribution in [0.3, 0.4) is 0 Å². The molecule has 0 saturated carbocycles. The minimum absolute atomic E-state index is 0.330. The van der Waals surface area contributed by atoms with Crippen LogP contribution in [0.4, 0.5) is 13.2 Å². The van der Waals surface area contributed by atoms with Crippen LogP contribution in [-0.2, 0) is 10.2 Å². The molecular formula is C12H10F3NO. The first-order chi connectivity index (χ1) is 7.80. The number of ketones is 1. The Morgan fingerprint density at radius 1 is 1.35 bits per heavy atom. The molecule has 17 heavy (non-hydrogen) atoms. The predicted octanol–water partition coefficient (Wildman–Crippen LogP) is 2.86. The second kappa shape index (κ2) is 4.58. The highest BCUT2D eigenvalue weighted by molar-refractivity contribution is 5.77. The van der Waals surface area contributed by atoms with E-state index < -0.39 is 28.4 Å². The molecule has 0 fully saturated rings. The van der Waals surface area contributed by atoms with Gasteiger partial charge in [-0.05, 0) is 13.8 Å². The van der Waals surface area contributed by atoms with Gasteiger partial charge in [-0.1, -0.05) is 0 Å². The number of Topliss-reactive ketones (excluding diaryl/α,β-unsaturated/α-hetero) is 1. The zero-order valence-electron chi connectivity index (χ0n) is 9.35. The lowest BCUT2D eigenvalue weighted by Crippen LogP contribution is -2.26. The molecule has 1 aromatic carbocycles. The fourth-order valence-corrected chi connectivity index (χ4v) is 1.75. The molecule has 90 valence electrons. The van der Waals surface area contributed by atoms with Crippen LogP contribution in [0.15, 0.2) is 12.1 Å². The maximum absolute atomic E-state index is 13.5. The lowest BCUT2D eigenvalue weighted by Gasteiger charge is -2.21. The van der Waals surface area contributed by atoms with Crippen LogP contribution in [0.25, 0.3) is 0 Å². The Morgan fingerprint density at radius 3 is 2.18 bits per heavy atom. The first kappa shape index (κ1) is 13.2. The van der Waals surface area contributed by atoms with Gasteiger partial charge in [0.25, 0.3) is 0 Å². The lowest BCUT2D eigenvalue weighted by atomic mass is 9.79. The molecule has 2 nitrogen and oxygen atoms in total. The average Bonchev–Trinajstić information content (AvgIpc) is 2.14. The lowest BCUT2D eigenvalue weighted by molar-refractivity contribution is -0.117. The third-order valence-corrected chi connectivity index (χ3v) is 2.41. The molecule has 0 aromatic heterocycles. The zero-order valence-corrected chi connectivity index (χ0v) is 9.35. The molecule has 5 heteroatoms. The van der Waals surface area contributed by atoms with Crippen molar-refractivity contribution in [3.05, 3.63) is 35.1 Å². The topological polar surface area (TPSA) is 40.9 Å². The van der Waals surface area contributed by atoms with E-state index in [1.54, 1.807) is 6.07 Å². The van der Waals surface area contributed by atoms with Gasteiger partial charge < -0.3 is 0 Å². The van der Waals surface area contributed by atoms with Crippen molar-refractivity contribution in [2.75, 3.05) is 0 Å². The quantitative estimate of drug-likeness (QED) is 0.816. The molecule has 0 spiro atoms. The molecule has 0 aliphatic rings. The van der Waals surface area contributed by atoms with Crippen LogP contribution >= 0.6 is 0 Å². The molecule has 0 radical (unpaired) electrons. The molecule has 0 amide bonds. The Bertz CT molecular complexity index is 484. The summed E-state index contributed by atoms with van der Waals surface area (Å²) >= 11 is 0. The highest BCUT2D eigenvalue weighted by Gasteiger charge is 2.34. The van der Waals surface area contributed by atoms with E-state index in [1.165, 1.54) is 13.8 Å². The van der Waals surface area contributed by atoms with Crippen LogP contribution in [-0.4, -0.2) is 5.78 Å². The number of carbonyl (C=O) groups excluding carboxylic acids is 1. The molecular weight excluding hydrogens is 231 g/mol. The standard InChI is InChI=1S/C12H10F3NO/c1-7(17)5-12(2,6-16)11-9(14)3-8(13)4-10(11)15/h3-4H,5H2,1-2H3. The second-order valence-corrected chi connectivity index (χ2v) is 4.07. The van der Waals surface area contributed by atoms with Gasteiger partial charge in [0.05, 0.1) is 11.5 Å². The number of hydrogen-bond acceptors (Lipinski definition) is 2. The van der Waals surface area contributed by atoms with Gasteiger partial charge in [-0.3, -0.25) is 4.79 Å². The summed E-state index contributed by atoms with van der Waals surface area (Å²) in [5.41, 5.74) is -2.20. The molecule has 1 atom stereocenters. The van der Waals surface area contributed by atoms with E-state index in [1.807, 2.05) is 0 Å². The molecule has 0 aliphatic carbocycles. The Labute approximate surface area is 96.7 Å². The Morgan fingerprint density at radius 2 is 1.82 bits per heavy atom. The van der Waals surface area contributed by atoms with E-state index in [2.05, 4.69) is 0 Å². The third kappa shape index (κ3) is 2.64. The molecule has 0 heterocycles. The van der Waals surface area contributed by atoms with Gasteiger partial charge in [-0.15, -0.1) is 0 Å². The number of benzene rings is 1. The van der Waals surface area contributed by atoms with Crippen molar-refractivity contribution in [1.29, 1.82) is 5.26 Å². The van der Waals surface area contributed by atoms with Crippen molar-refractivity contribution >= 4 is 5.78 Å². The first-order valence-electron chi connectivity index (χ1n) is 4.86. The minimum atomic E-state index is -1.63. The number of rotatable bonds is 3. The van der Waals surface area contributed by atoms with Crippen molar-refractivity contribution in [2.24, 2.45) is 0 Å². The van der Waals surface area contributed by atoms with Gasteiger partial charge in [-0.2, -0.15) is 5.26 Å². The van der Waals surface area contributed by atoms with Gasteiger partial charge >= 0.3 is 0 Å². The van der Waals surface area contributed by atoms with Gasteiger partial charge in [0.1, 0.15) is 23.2 Å². The second-order valence-electron chi connectivity index (χ2n) is 4.07. The van der Waals surface area contributed by atoms with Crippen LogP contribution in [0, 0.1) is 28.8 Å². The van der Waals surface area contributed by atoms with Gasteiger partial charge in [-0.25, -0.2) is 13.2 Å². The van der Waals surface area contributed by atoms with Gasteiger partial charge in [0.2, 0.25) is 0 Å². The summed E-state index contributed by atoms with van der Waals surface area (Å²) in [7, 11) is 0. The number of nitriles is 1. The van der Waals surface area contributed by atoms with Gasteiger partial charge in [0.15, 0.2) is 0 Å². The third-order valence-electron chi connectivity index (χ3n) is 2.41. The van der Waals surface area contributed by atoms with Crippen LogP contribution in [0.1, 0.15) is 25.8 Å². The Hall–Kier alpha value is -1.83. The number of halogens is 3. The summed E-state index contributed by atoms with van der Waals surface area (Å²) in [4.78, 5) is 11.0. The maximum Gasteiger partial charge on any atom is 0.133 e. The van der Waals surface area contributed by atoms with Crippen LogP contribution < -0.4 is 0 Å². The Kier molecular flexibility index (Phi) is 3.56. The van der Waals surface area contributed by atoms with E-state index in [9.17, 15) is 18.0 Å². The van der Waals surface area contributed by atoms with E-state index in [0.717, 1.165) is 0 Å². The molecule has 1 unspecified atom stereocenters. The smallest absolute Gasteiger partial charge is 0.133 e. The highest BCUT2D eigenvalue weighted by Crippen LogP contribution is 2.32. The normalized spacial score (nSPS) is 13.9. The zero-order chi connectivity index (χ0) is 13.2. The molecule has 0 saturated heterocycles. The summed E-state index contributed by atoms with van der Waals surface area (Å²) in [6.07, 6.45) is -0.330. The van der Waals surface area contributed by atoms with Crippen LogP contribution in [0.2, 0.25) is 0 Å². The van der Waals surface area contributed by atoms with E-state index >= 15 is 0 Å². The van der Waals surface area contributed by atoms with Crippen LogP contribution in [0.5, 0.6) is 0 Å². The highest BCUT2D eigenvalue weighted by atomic mass is 19.1. The van der Waals surface area contributed by atoms with E-state index in [0.29, 0.717) is 12.1 Å². The van der Waals surface area contributed by atoms with Crippen molar-refractivity contribution < 1.29 is 18.0 Å². The van der Waals surface area contributed by atoms with Gasteiger partial charge in [0, 0.05) is 24.1 Å². The van der Waals surface area contributed by atoms with E-state index in [4.69, 9.17) is 5.26 Å². The Balaban J connectivity index is 3.41. The molecule has 0 N–H and O–H groups in total. The number of nitrogens with zero attached hydrogens (tertiary/aromatic N) is 1.